The van der Waals surface area contributed by atoms with Crippen LogP contribution in [0.1, 0.15) is 19.3 Å². The van der Waals surface area contributed by atoms with Gasteiger partial charge in [-0.25, -0.2) is 13.8 Å². The summed E-state index contributed by atoms with van der Waals surface area (Å²) >= 11 is 0. The number of ether oxygens (including phenoxy) is 1. The standard InChI is InChI=1S/C19H19F2N3O3/c20-14-6-13(19-22-4-3-16(23-19)27-10-11-1-2-11)7-15(21)18(14)24-8-12(9-24)5-17(25)26/h3-4,6-7,11-12H,1-2,5,8-10H2,(H,25,26). The molecule has 0 radical (unpaired) electrons. The van der Waals surface area contributed by atoms with Crippen LogP contribution in [-0.2, 0) is 4.79 Å². The first-order valence-corrected chi connectivity index (χ1v) is 8.91. The highest BCUT2D eigenvalue weighted by molar-refractivity contribution is 5.68. The number of carboxylic acids is 1. The Hall–Kier alpha value is -2.77. The van der Waals surface area contributed by atoms with Gasteiger partial charge in [0.1, 0.15) is 17.3 Å². The lowest BCUT2D eigenvalue weighted by Crippen LogP contribution is -2.48. The van der Waals surface area contributed by atoms with Gasteiger partial charge in [-0.05, 0) is 30.9 Å². The van der Waals surface area contributed by atoms with E-state index < -0.39 is 17.6 Å². The van der Waals surface area contributed by atoms with E-state index in [1.165, 1.54) is 23.2 Å². The molecule has 2 aromatic rings. The molecule has 1 aliphatic carbocycles. The van der Waals surface area contributed by atoms with E-state index in [1.54, 1.807) is 6.07 Å². The van der Waals surface area contributed by atoms with Gasteiger partial charge < -0.3 is 14.7 Å². The Bertz CT molecular complexity index is 844. The number of hydrogen-bond acceptors (Lipinski definition) is 5. The Balaban J connectivity index is 1.50. The van der Waals surface area contributed by atoms with Crippen molar-refractivity contribution in [2.75, 3.05) is 24.6 Å². The van der Waals surface area contributed by atoms with Crippen molar-refractivity contribution in [2.24, 2.45) is 11.8 Å². The van der Waals surface area contributed by atoms with Gasteiger partial charge in [0.2, 0.25) is 5.88 Å². The van der Waals surface area contributed by atoms with Crippen LogP contribution in [0.2, 0.25) is 0 Å². The van der Waals surface area contributed by atoms with Gasteiger partial charge in [0.05, 0.1) is 13.0 Å². The molecule has 0 amide bonds. The Morgan fingerprint density at radius 2 is 1.93 bits per heavy atom. The maximum absolute atomic E-state index is 14.5. The molecule has 2 heterocycles. The van der Waals surface area contributed by atoms with Gasteiger partial charge in [0, 0.05) is 36.8 Å². The highest BCUT2D eigenvalue weighted by Gasteiger charge is 2.32. The van der Waals surface area contributed by atoms with Gasteiger partial charge in [0.25, 0.3) is 0 Å². The Morgan fingerprint density at radius 3 is 2.56 bits per heavy atom. The number of nitrogens with zero attached hydrogens (tertiary/aromatic N) is 3. The zero-order chi connectivity index (χ0) is 19.0. The van der Waals surface area contributed by atoms with Crippen LogP contribution in [0.5, 0.6) is 5.88 Å². The Morgan fingerprint density at radius 1 is 1.22 bits per heavy atom. The number of anilines is 1. The fourth-order valence-corrected chi connectivity index (χ4v) is 3.17. The summed E-state index contributed by atoms with van der Waals surface area (Å²) in [4.78, 5) is 20.5. The van der Waals surface area contributed by atoms with Crippen molar-refractivity contribution in [1.29, 1.82) is 0 Å². The molecule has 0 atom stereocenters. The molecule has 1 saturated carbocycles. The Labute approximate surface area is 154 Å². The van der Waals surface area contributed by atoms with E-state index in [0.717, 1.165) is 12.8 Å². The monoisotopic (exact) mass is 375 g/mol. The summed E-state index contributed by atoms with van der Waals surface area (Å²) in [5.41, 5.74) is 0.0924. The first-order chi connectivity index (χ1) is 13.0. The zero-order valence-electron chi connectivity index (χ0n) is 14.6. The van der Waals surface area contributed by atoms with Gasteiger partial charge >= 0.3 is 5.97 Å². The predicted octanol–water partition coefficient (Wildman–Crippen LogP) is 3.12. The van der Waals surface area contributed by atoms with Crippen LogP contribution < -0.4 is 9.64 Å². The first-order valence-electron chi connectivity index (χ1n) is 8.91. The maximum atomic E-state index is 14.5. The molecule has 1 saturated heterocycles. The van der Waals surface area contributed by atoms with E-state index in [2.05, 4.69) is 9.97 Å². The van der Waals surface area contributed by atoms with Crippen molar-refractivity contribution in [1.82, 2.24) is 9.97 Å². The molecule has 0 bridgehead atoms. The number of carboxylic acid groups (broad SMARTS) is 1. The van der Waals surface area contributed by atoms with E-state index >= 15 is 0 Å². The van der Waals surface area contributed by atoms with Crippen LogP contribution in [0.4, 0.5) is 14.5 Å². The van der Waals surface area contributed by atoms with E-state index in [-0.39, 0.29) is 29.4 Å². The normalized spacial score (nSPS) is 16.9. The van der Waals surface area contributed by atoms with E-state index in [0.29, 0.717) is 31.5 Å². The van der Waals surface area contributed by atoms with E-state index in [4.69, 9.17) is 9.84 Å². The van der Waals surface area contributed by atoms with Crippen LogP contribution in [0.15, 0.2) is 24.4 Å². The molecular weight excluding hydrogens is 356 g/mol. The summed E-state index contributed by atoms with van der Waals surface area (Å²) in [6.07, 6.45) is 3.80. The van der Waals surface area contributed by atoms with Gasteiger partial charge in [-0.3, -0.25) is 4.79 Å². The summed E-state index contributed by atoms with van der Waals surface area (Å²) < 4.78 is 34.7. The van der Waals surface area contributed by atoms with Crippen molar-refractivity contribution in [2.45, 2.75) is 19.3 Å². The topological polar surface area (TPSA) is 75.5 Å². The highest BCUT2D eigenvalue weighted by atomic mass is 19.1. The third-order valence-corrected chi connectivity index (χ3v) is 4.81. The smallest absolute Gasteiger partial charge is 0.303 e. The third kappa shape index (κ3) is 3.99. The van der Waals surface area contributed by atoms with E-state index in [9.17, 15) is 13.6 Å². The average molecular weight is 375 g/mol. The molecule has 8 heteroatoms. The molecule has 1 aliphatic heterocycles. The minimum absolute atomic E-state index is 0.000684. The summed E-state index contributed by atoms with van der Waals surface area (Å²) in [6.45, 7) is 1.23. The van der Waals surface area contributed by atoms with Crippen molar-refractivity contribution in [3.05, 3.63) is 36.0 Å². The quantitative estimate of drug-likeness (QED) is 0.801. The molecule has 0 spiro atoms. The van der Waals surface area contributed by atoms with Crippen LogP contribution in [0.25, 0.3) is 11.4 Å². The Kier molecular flexibility index (Phi) is 4.63. The summed E-state index contributed by atoms with van der Waals surface area (Å²) in [5, 5.41) is 8.78. The summed E-state index contributed by atoms with van der Waals surface area (Å²) in [5.74, 6) is -1.28. The van der Waals surface area contributed by atoms with Crippen LogP contribution in [-0.4, -0.2) is 40.7 Å². The molecule has 4 rings (SSSR count). The van der Waals surface area contributed by atoms with Crippen LogP contribution in [0.3, 0.4) is 0 Å². The average Bonchev–Trinajstić information content (AvgIpc) is 3.41. The van der Waals surface area contributed by atoms with Crippen molar-refractivity contribution < 1.29 is 23.4 Å². The van der Waals surface area contributed by atoms with Crippen molar-refractivity contribution in [3.63, 3.8) is 0 Å². The number of hydrogen-bond donors (Lipinski definition) is 1. The molecule has 27 heavy (non-hydrogen) atoms. The fraction of sp³-hybridized carbons (Fsp3) is 0.421. The second-order valence-electron chi connectivity index (χ2n) is 7.13. The van der Waals surface area contributed by atoms with Gasteiger partial charge in [-0.1, -0.05) is 0 Å². The number of carbonyl (C=O) groups is 1. The minimum Gasteiger partial charge on any atom is -0.481 e. The number of aromatic nitrogens is 2. The van der Waals surface area contributed by atoms with Gasteiger partial charge in [0.15, 0.2) is 5.82 Å². The lowest BCUT2D eigenvalue weighted by Gasteiger charge is -2.40. The SMILES string of the molecule is O=C(O)CC1CN(c2c(F)cc(-c3nccc(OCC4CC4)n3)cc2F)C1. The zero-order valence-corrected chi connectivity index (χ0v) is 14.6. The number of aliphatic carboxylic acids is 1. The molecule has 2 fully saturated rings. The molecule has 1 aromatic carbocycles. The lowest BCUT2D eigenvalue weighted by molar-refractivity contribution is -0.138. The van der Waals surface area contributed by atoms with Gasteiger partial charge in [-0.2, -0.15) is 4.98 Å². The highest BCUT2D eigenvalue weighted by Crippen LogP contribution is 2.34. The summed E-state index contributed by atoms with van der Waals surface area (Å²) in [7, 11) is 0. The molecule has 0 unspecified atom stereocenters. The molecule has 2 aliphatic rings. The number of rotatable bonds is 7. The minimum atomic E-state index is -0.906. The van der Waals surface area contributed by atoms with Crippen molar-refractivity contribution >= 4 is 11.7 Å². The molecule has 1 N–H and O–H groups in total. The largest absolute Gasteiger partial charge is 0.481 e. The maximum Gasteiger partial charge on any atom is 0.303 e. The lowest BCUT2D eigenvalue weighted by atomic mass is 9.95. The second-order valence-corrected chi connectivity index (χ2v) is 7.13. The molecule has 6 nitrogen and oxygen atoms in total. The second kappa shape index (κ2) is 7.09. The van der Waals surface area contributed by atoms with E-state index in [1.807, 2.05) is 0 Å². The third-order valence-electron chi connectivity index (χ3n) is 4.81. The van der Waals surface area contributed by atoms with Crippen molar-refractivity contribution in [3.8, 4) is 17.3 Å². The molecular formula is C19H19F2N3O3. The number of halogens is 2. The van der Waals surface area contributed by atoms with Crippen LogP contribution >= 0.6 is 0 Å². The van der Waals surface area contributed by atoms with Crippen LogP contribution in [0, 0.1) is 23.5 Å². The summed E-state index contributed by atoms with van der Waals surface area (Å²) in [6, 6.07) is 4.02. The fourth-order valence-electron chi connectivity index (χ4n) is 3.17. The van der Waals surface area contributed by atoms with Gasteiger partial charge in [-0.15, -0.1) is 0 Å². The first kappa shape index (κ1) is 17.6. The predicted molar refractivity (Wildman–Crippen MR) is 93.6 cm³/mol. The molecule has 1 aromatic heterocycles. The number of benzene rings is 1. The molecule has 142 valence electrons.